The van der Waals surface area contributed by atoms with Gasteiger partial charge in [0, 0.05) is 12.0 Å². The van der Waals surface area contributed by atoms with Crippen LogP contribution in [0.25, 0.3) is 0 Å². The van der Waals surface area contributed by atoms with Gasteiger partial charge < -0.3 is 0 Å². The highest BCUT2D eigenvalue weighted by atomic mass is 32.2. The first-order valence-electron chi connectivity index (χ1n) is 5.19. The van der Waals surface area contributed by atoms with Crippen molar-refractivity contribution in [3.8, 4) is 0 Å². The second-order valence-corrected chi connectivity index (χ2v) is 7.31. The lowest BCUT2D eigenvalue weighted by Crippen LogP contribution is -2.32. The Kier molecular flexibility index (Phi) is 3.25. The maximum Gasteiger partial charge on any atom is 0.294 e. The molecule has 0 saturated heterocycles. The van der Waals surface area contributed by atoms with Gasteiger partial charge in [-0.1, -0.05) is 12.1 Å². The summed E-state index contributed by atoms with van der Waals surface area (Å²) in [5.41, 5.74) is -0.0288. The number of fused-ring (bicyclic) bond motifs is 1. The van der Waals surface area contributed by atoms with Gasteiger partial charge >= 0.3 is 0 Å². The number of rotatable bonds is 2. The van der Waals surface area contributed by atoms with Crippen LogP contribution in [0.5, 0.6) is 0 Å². The average Bonchev–Trinajstić information content (AvgIpc) is 2.25. The maximum atomic E-state index is 11.8. The third-order valence-corrected chi connectivity index (χ3v) is 5.09. The number of ketones is 1. The van der Waals surface area contributed by atoms with Crippen molar-refractivity contribution in [2.24, 2.45) is 0 Å². The lowest BCUT2D eigenvalue weighted by atomic mass is 9.90. The van der Waals surface area contributed by atoms with Crippen molar-refractivity contribution in [1.29, 1.82) is 0 Å². The average molecular weight is 306 g/mol. The molecule has 9 heteroatoms. The Morgan fingerprint density at radius 2 is 1.68 bits per heavy atom. The molecule has 19 heavy (non-hydrogen) atoms. The fraction of sp³-hybridized carbons (Fsp3) is 0.300. The Morgan fingerprint density at radius 1 is 1.05 bits per heavy atom. The fourth-order valence-corrected chi connectivity index (χ4v) is 3.60. The molecule has 1 aliphatic rings. The Hall–Kier alpha value is -1.29. The molecule has 2 N–H and O–H groups in total. The van der Waals surface area contributed by atoms with Crippen LogP contribution >= 0.6 is 0 Å². The van der Waals surface area contributed by atoms with E-state index in [-0.39, 0.29) is 17.5 Å². The van der Waals surface area contributed by atoms with E-state index in [0.717, 1.165) is 6.07 Å². The molecule has 0 heterocycles. The molecule has 1 aromatic carbocycles. The molecule has 7 nitrogen and oxygen atoms in total. The molecule has 0 fully saturated rings. The van der Waals surface area contributed by atoms with Crippen LogP contribution in [0.1, 0.15) is 22.3 Å². The van der Waals surface area contributed by atoms with Gasteiger partial charge in [-0.3, -0.25) is 13.9 Å². The van der Waals surface area contributed by atoms with Crippen LogP contribution in [-0.4, -0.2) is 37.0 Å². The lowest BCUT2D eigenvalue weighted by molar-refractivity contribution is 0.0971. The van der Waals surface area contributed by atoms with E-state index < -0.39 is 42.6 Å². The van der Waals surface area contributed by atoms with Gasteiger partial charge in [0.25, 0.3) is 20.2 Å². The molecule has 2 rings (SSSR count). The van der Waals surface area contributed by atoms with Crippen molar-refractivity contribution in [2.45, 2.75) is 23.0 Å². The Balaban J connectivity index is 2.66. The smallest absolute Gasteiger partial charge is 0.294 e. The van der Waals surface area contributed by atoms with Gasteiger partial charge in [-0.15, -0.1) is 0 Å². The summed E-state index contributed by atoms with van der Waals surface area (Å²) >= 11 is 0. The van der Waals surface area contributed by atoms with Crippen molar-refractivity contribution >= 4 is 26.0 Å². The number of hydrogen-bond acceptors (Lipinski definition) is 5. The minimum Gasteiger partial charge on any atom is -0.294 e. The summed E-state index contributed by atoms with van der Waals surface area (Å²) in [7, 11) is -9.03. The van der Waals surface area contributed by atoms with Gasteiger partial charge in [0.2, 0.25) is 0 Å². The number of carbonyl (C=O) groups is 1. The zero-order valence-corrected chi connectivity index (χ0v) is 11.1. The molecule has 0 spiro atoms. The van der Waals surface area contributed by atoms with Crippen molar-refractivity contribution in [3.63, 3.8) is 0 Å². The molecule has 0 aliphatic heterocycles. The van der Waals surface area contributed by atoms with Crippen LogP contribution < -0.4 is 0 Å². The molecule has 0 radical (unpaired) electrons. The fourth-order valence-electron chi connectivity index (χ4n) is 2.11. The molecular formula is C10H10O7S2. The second-order valence-electron chi connectivity index (χ2n) is 4.23. The summed E-state index contributed by atoms with van der Waals surface area (Å²) in [5, 5.41) is -1.39. The molecule has 0 saturated carbocycles. The van der Waals surface area contributed by atoms with E-state index in [2.05, 4.69) is 0 Å². The first kappa shape index (κ1) is 14.1. The first-order chi connectivity index (χ1) is 8.60. The summed E-state index contributed by atoms with van der Waals surface area (Å²) in [6.45, 7) is 0. The lowest BCUT2D eigenvalue weighted by Gasteiger charge is -2.22. The zero-order chi connectivity index (χ0) is 14.4. The van der Waals surface area contributed by atoms with E-state index in [1.807, 2.05) is 0 Å². The summed E-state index contributed by atoms with van der Waals surface area (Å²) in [4.78, 5) is 11.3. The standard InChI is InChI=1S/C10H10O7S2/c11-9-5-6(18(12,13)14)4-8-7(9)2-1-3-10(8)19(15,16)17/h1-3,6H,4-5H2,(H,12,13,14)(H,15,16,17). The van der Waals surface area contributed by atoms with E-state index in [4.69, 9.17) is 9.11 Å². The first-order valence-corrected chi connectivity index (χ1v) is 8.14. The Bertz CT molecular complexity index is 746. The van der Waals surface area contributed by atoms with Crippen LogP contribution in [0.4, 0.5) is 0 Å². The van der Waals surface area contributed by atoms with Crippen LogP contribution in [-0.2, 0) is 26.7 Å². The number of benzene rings is 1. The van der Waals surface area contributed by atoms with Crippen molar-refractivity contribution in [3.05, 3.63) is 29.3 Å². The Morgan fingerprint density at radius 3 is 2.21 bits per heavy atom. The van der Waals surface area contributed by atoms with E-state index >= 15 is 0 Å². The van der Waals surface area contributed by atoms with Gasteiger partial charge in [-0.05, 0) is 18.1 Å². The summed E-state index contributed by atoms with van der Waals surface area (Å²) in [5.74, 6) is -0.589. The summed E-state index contributed by atoms with van der Waals surface area (Å²) in [6, 6.07) is 3.72. The molecule has 0 aromatic heterocycles. The monoisotopic (exact) mass is 306 g/mol. The predicted octanol–water partition coefficient (Wildman–Crippen LogP) is 0.319. The number of Topliss-reactive ketones (excluding diaryl/α,β-unsaturated/α-hetero) is 1. The zero-order valence-electron chi connectivity index (χ0n) is 9.48. The van der Waals surface area contributed by atoms with Crippen molar-refractivity contribution < 1.29 is 30.7 Å². The minimum absolute atomic E-state index is 0.0509. The van der Waals surface area contributed by atoms with Crippen LogP contribution in [0.3, 0.4) is 0 Å². The Labute approximate surface area is 109 Å². The van der Waals surface area contributed by atoms with E-state index in [9.17, 15) is 21.6 Å². The number of hydrogen-bond donors (Lipinski definition) is 2. The molecule has 1 aliphatic carbocycles. The van der Waals surface area contributed by atoms with Crippen molar-refractivity contribution in [2.75, 3.05) is 0 Å². The highest BCUT2D eigenvalue weighted by molar-refractivity contribution is 7.86. The van der Waals surface area contributed by atoms with Crippen molar-refractivity contribution in [1.82, 2.24) is 0 Å². The SMILES string of the molecule is O=C1CC(S(=O)(=O)O)Cc2c1cccc2S(=O)(=O)O. The summed E-state index contributed by atoms with van der Waals surface area (Å²) < 4.78 is 62.6. The largest absolute Gasteiger partial charge is 0.294 e. The number of carbonyl (C=O) groups excluding carboxylic acids is 1. The molecule has 1 atom stereocenters. The highest BCUT2D eigenvalue weighted by Gasteiger charge is 2.35. The highest BCUT2D eigenvalue weighted by Crippen LogP contribution is 2.30. The normalized spacial score (nSPS) is 20.1. The maximum absolute atomic E-state index is 11.8. The van der Waals surface area contributed by atoms with Gasteiger partial charge in [0.15, 0.2) is 5.78 Å². The van der Waals surface area contributed by atoms with E-state index in [1.165, 1.54) is 12.1 Å². The van der Waals surface area contributed by atoms with E-state index in [1.54, 1.807) is 0 Å². The molecule has 104 valence electrons. The van der Waals surface area contributed by atoms with Gasteiger partial charge in [0.05, 0.1) is 10.1 Å². The van der Waals surface area contributed by atoms with Gasteiger partial charge in [-0.25, -0.2) is 0 Å². The molecule has 1 unspecified atom stereocenters. The van der Waals surface area contributed by atoms with Gasteiger partial charge in [-0.2, -0.15) is 16.8 Å². The third kappa shape index (κ3) is 2.68. The molecule has 0 bridgehead atoms. The molecule has 1 aromatic rings. The third-order valence-electron chi connectivity index (χ3n) is 2.98. The van der Waals surface area contributed by atoms with Gasteiger partial charge in [0.1, 0.15) is 0 Å². The minimum atomic E-state index is -4.57. The second kappa shape index (κ2) is 4.37. The predicted molar refractivity (Wildman–Crippen MR) is 64.2 cm³/mol. The molecule has 0 amide bonds. The van der Waals surface area contributed by atoms with Crippen LogP contribution in [0.15, 0.2) is 23.1 Å². The molecular weight excluding hydrogens is 296 g/mol. The summed E-state index contributed by atoms with van der Waals surface area (Å²) in [6.07, 6.45) is -0.753. The van der Waals surface area contributed by atoms with Crippen LogP contribution in [0, 0.1) is 0 Å². The van der Waals surface area contributed by atoms with Crippen LogP contribution in [0.2, 0.25) is 0 Å². The van der Waals surface area contributed by atoms with E-state index in [0.29, 0.717) is 0 Å². The topological polar surface area (TPSA) is 126 Å². The quantitative estimate of drug-likeness (QED) is 0.753.